The van der Waals surface area contributed by atoms with Crippen molar-refractivity contribution in [2.24, 2.45) is 5.73 Å². The molecule has 6 heteroatoms. The van der Waals surface area contributed by atoms with Crippen LogP contribution in [-0.4, -0.2) is 27.2 Å². The van der Waals surface area contributed by atoms with E-state index in [9.17, 15) is 4.79 Å². The number of nitrogens with one attached hydrogen (secondary N) is 1. The topological polar surface area (TPSA) is 85.8 Å². The van der Waals surface area contributed by atoms with Crippen molar-refractivity contribution < 1.29 is 4.79 Å². The molecule has 0 spiro atoms. The number of benzene rings is 1. The third-order valence-electron chi connectivity index (χ3n) is 2.02. The van der Waals surface area contributed by atoms with Crippen LogP contribution < -0.4 is 11.1 Å². The summed E-state index contributed by atoms with van der Waals surface area (Å²) in [5.74, 6) is -0.214. The van der Waals surface area contributed by atoms with Gasteiger partial charge < -0.3 is 11.1 Å². The van der Waals surface area contributed by atoms with Crippen LogP contribution in [0, 0.1) is 0 Å². The molecule has 82 valence electrons. The van der Waals surface area contributed by atoms with E-state index in [2.05, 4.69) is 15.4 Å². The largest absolute Gasteiger partial charge is 0.325 e. The molecule has 0 radical (unpaired) electrons. The van der Waals surface area contributed by atoms with E-state index in [1.807, 2.05) is 12.1 Å². The second-order valence-corrected chi connectivity index (χ2v) is 3.14. The lowest BCUT2D eigenvalue weighted by atomic mass is 10.3. The smallest absolute Gasteiger partial charge is 0.238 e. The predicted octanol–water partition coefficient (Wildman–Crippen LogP) is 0.164. The van der Waals surface area contributed by atoms with Gasteiger partial charge >= 0.3 is 0 Å². The highest BCUT2D eigenvalue weighted by molar-refractivity contribution is 5.92. The van der Waals surface area contributed by atoms with Gasteiger partial charge in [0.15, 0.2) is 0 Å². The minimum absolute atomic E-state index is 0.0230. The van der Waals surface area contributed by atoms with E-state index in [0.29, 0.717) is 5.69 Å². The third-order valence-corrected chi connectivity index (χ3v) is 2.02. The van der Waals surface area contributed by atoms with Gasteiger partial charge in [0, 0.05) is 5.69 Å². The molecular formula is C10H11N5O. The minimum Gasteiger partial charge on any atom is -0.325 e. The maximum atomic E-state index is 11.0. The highest BCUT2D eigenvalue weighted by atomic mass is 16.1. The van der Waals surface area contributed by atoms with Crippen LogP contribution >= 0.6 is 0 Å². The van der Waals surface area contributed by atoms with Crippen LogP contribution in [0.15, 0.2) is 36.9 Å². The summed E-state index contributed by atoms with van der Waals surface area (Å²) < 4.78 is 1.63. The highest BCUT2D eigenvalue weighted by Gasteiger charge is 2.00. The number of amides is 1. The predicted molar refractivity (Wildman–Crippen MR) is 59.0 cm³/mol. The number of aromatic nitrogens is 3. The van der Waals surface area contributed by atoms with Crippen molar-refractivity contribution in [1.82, 2.24) is 14.8 Å². The number of hydrogen-bond acceptors (Lipinski definition) is 4. The van der Waals surface area contributed by atoms with Crippen LogP contribution in [0.2, 0.25) is 0 Å². The summed E-state index contributed by atoms with van der Waals surface area (Å²) in [7, 11) is 0. The standard InChI is InChI=1S/C10H11N5O/c11-5-10(16)14-8-1-3-9(4-2-8)15-7-12-6-13-15/h1-4,6-7H,5,11H2,(H,14,16). The van der Waals surface area contributed by atoms with E-state index >= 15 is 0 Å². The Morgan fingerprint density at radius 1 is 1.38 bits per heavy atom. The molecular weight excluding hydrogens is 206 g/mol. The van der Waals surface area contributed by atoms with E-state index in [1.54, 1.807) is 23.1 Å². The first-order chi connectivity index (χ1) is 7.79. The van der Waals surface area contributed by atoms with Gasteiger partial charge in [0.05, 0.1) is 12.2 Å². The summed E-state index contributed by atoms with van der Waals surface area (Å²) in [4.78, 5) is 14.9. The van der Waals surface area contributed by atoms with Gasteiger partial charge in [-0.3, -0.25) is 4.79 Å². The van der Waals surface area contributed by atoms with Crippen LogP contribution in [0.4, 0.5) is 5.69 Å². The Kier molecular flexibility index (Phi) is 2.93. The summed E-state index contributed by atoms with van der Waals surface area (Å²) in [5.41, 5.74) is 6.78. The average Bonchev–Trinajstić information content (AvgIpc) is 2.83. The molecule has 0 saturated carbocycles. The Morgan fingerprint density at radius 3 is 2.69 bits per heavy atom. The molecule has 0 bridgehead atoms. The second kappa shape index (κ2) is 4.54. The van der Waals surface area contributed by atoms with Crippen molar-refractivity contribution in [3.63, 3.8) is 0 Å². The van der Waals surface area contributed by atoms with E-state index in [1.165, 1.54) is 6.33 Å². The molecule has 1 amide bonds. The van der Waals surface area contributed by atoms with Gasteiger partial charge in [0.25, 0.3) is 0 Å². The minimum atomic E-state index is -0.214. The highest BCUT2D eigenvalue weighted by Crippen LogP contribution is 2.11. The molecule has 1 aromatic heterocycles. The van der Waals surface area contributed by atoms with Crippen LogP contribution in [0.5, 0.6) is 0 Å². The van der Waals surface area contributed by atoms with Gasteiger partial charge in [0.2, 0.25) is 5.91 Å². The first kappa shape index (κ1) is 10.3. The van der Waals surface area contributed by atoms with Gasteiger partial charge in [-0.15, -0.1) is 0 Å². The lowest BCUT2D eigenvalue weighted by Gasteiger charge is -2.04. The van der Waals surface area contributed by atoms with E-state index in [4.69, 9.17) is 5.73 Å². The Labute approximate surface area is 92.1 Å². The molecule has 0 saturated heterocycles. The molecule has 2 rings (SSSR count). The summed E-state index contributed by atoms with van der Waals surface area (Å²) in [5, 5.41) is 6.65. The van der Waals surface area contributed by atoms with Crippen LogP contribution in [0.25, 0.3) is 5.69 Å². The molecule has 0 aliphatic rings. The summed E-state index contributed by atoms with van der Waals surface area (Å²) >= 11 is 0. The molecule has 1 aromatic carbocycles. The van der Waals surface area contributed by atoms with Crippen molar-refractivity contribution in [3.8, 4) is 5.69 Å². The van der Waals surface area contributed by atoms with E-state index in [-0.39, 0.29) is 12.5 Å². The van der Waals surface area contributed by atoms with Gasteiger partial charge in [-0.2, -0.15) is 5.10 Å². The molecule has 3 N–H and O–H groups in total. The summed E-state index contributed by atoms with van der Waals surface area (Å²) in [6.07, 6.45) is 3.07. The number of carbonyl (C=O) groups is 1. The van der Waals surface area contributed by atoms with Crippen LogP contribution in [0.1, 0.15) is 0 Å². The zero-order valence-electron chi connectivity index (χ0n) is 8.50. The van der Waals surface area contributed by atoms with Gasteiger partial charge in [0.1, 0.15) is 12.7 Å². The fourth-order valence-corrected chi connectivity index (χ4v) is 1.25. The van der Waals surface area contributed by atoms with E-state index < -0.39 is 0 Å². The van der Waals surface area contributed by atoms with Crippen molar-refractivity contribution >= 4 is 11.6 Å². The SMILES string of the molecule is NCC(=O)Nc1ccc(-n2cncn2)cc1. The van der Waals surface area contributed by atoms with Crippen LogP contribution in [0.3, 0.4) is 0 Å². The first-order valence-electron chi connectivity index (χ1n) is 4.74. The summed E-state index contributed by atoms with van der Waals surface area (Å²) in [6, 6.07) is 7.23. The van der Waals surface area contributed by atoms with Gasteiger partial charge in [-0.1, -0.05) is 0 Å². The Morgan fingerprint density at radius 2 is 2.12 bits per heavy atom. The molecule has 0 aliphatic carbocycles. The molecule has 16 heavy (non-hydrogen) atoms. The molecule has 1 heterocycles. The average molecular weight is 217 g/mol. The molecule has 6 nitrogen and oxygen atoms in total. The number of rotatable bonds is 3. The maximum Gasteiger partial charge on any atom is 0.238 e. The van der Waals surface area contributed by atoms with E-state index in [0.717, 1.165) is 5.69 Å². The third kappa shape index (κ3) is 2.23. The Hall–Kier alpha value is -2.21. The zero-order chi connectivity index (χ0) is 11.4. The molecule has 2 aromatic rings. The Bertz CT molecular complexity index is 462. The molecule has 0 unspecified atom stereocenters. The fraction of sp³-hybridized carbons (Fsp3) is 0.100. The number of anilines is 1. The van der Waals surface area contributed by atoms with Gasteiger partial charge in [-0.25, -0.2) is 9.67 Å². The Balaban J connectivity index is 2.14. The molecule has 0 aliphatic heterocycles. The number of carbonyl (C=O) groups excluding carboxylic acids is 1. The fourth-order valence-electron chi connectivity index (χ4n) is 1.25. The van der Waals surface area contributed by atoms with Crippen molar-refractivity contribution in [2.45, 2.75) is 0 Å². The van der Waals surface area contributed by atoms with Gasteiger partial charge in [-0.05, 0) is 24.3 Å². The second-order valence-electron chi connectivity index (χ2n) is 3.14. The van der Waals surface area contributed by atoms with Crippen molar-refractivity contribution in [3.05, 3.63) is 36.9 Å². The summed E-state index contributed by atoms with van der Waals surface area (Å²) in [6.45, 7) is -0.0230. The quantitative estimate of drug-likeness (QED) is 0.767. The lowest BCUT2D eigenvalue weighted by molar-refractivity contribution is -0.114. The monoisotopic (exact) mass is 217 g/mol. The van der Waals surface area contributed by atoms with Crippen molar-refractivity contribution in [1.29, 1.82) is 0 Å². The normalized spacial score (nSPS) is 10.1. The lowest BCUT2D eigenvalue weighted by Crippen LogP contribution is -2.21. The molecule has 0 atom stereocenters. The molecule has 0 fully saturated rings. The van der Waals surface area contributed by atoms with Crippen LogP contribution in [-0.2, 0) is 4.79 Å². The number of nitrogens with zero attached hydrogens (tertiary/aromatic N) is 3. The maximum absolute atomic E-state index is 11.0. The van der Waals surface area contributed by atoms with Crippen molar-refractivity contribution in [2.75, 3.05) is 11.9 Å². The zero-order valence-corrected chi connectivity index (χ0v) is 8.50. The first-order valence-corrected chi connectivity index (χ1v) is 4.74. The number of hydrogen-bond donors (Lipinski definition) is 2. The number of nitrogens with two attached hydrogens (primary N) is 1.